The van der Waals surface area contributed by atoms with Crippen LogP contribution in [-0.2, 0) is 9.53 Å². The zero-order chi connectivity index (χ0) is 18.2. The van der Waals surface area contributed by atoms with E-state index in [2.05, 4.69) is 0 Å². The Morgan fingerprint density at radius 1 is 1.04 bits per heavy atom. The number of hydrogen-bond acceptors (Lipinski definition) is 5. The summed E-state index contributed by atoms with van der Waals surface area (Å²) in [6.45, 7) is -0.421. The molecule has 0 aliphatic rings. The number of rotatable bonds is 7. The number of halogens is 1. The van der Waals surface area contributed by atoms with Crippen LogP contribution < -0.4 is 9.47 Å². The van der Waals surface area contributed by atoms with Gasteiger partial charge in [-0.3, -0.25) is 4.79 Å². The van der Waals surface area contributed by atoms with Crippen LogP contribution in [-0.4, -0.2) is 32.6 Å². The van der Waals surface area contributed by atoms with E-state index >= 15 is 0 Å². The second-order valence-corrected chi connectivity index (χ2v) is 4.98. The first kappa shape index (κ1) is 18.2. The lowest BCUT2D eigenvalue weighted by atomic mass is 10.1. The number of methoxy groups -OCH3 is 2. The molecule has 0 spiro atoms. The second-order valence-electron chi connectivity index (χ2n) is 4.98. The van der Waals surface area contributed by atoms with Gasteiger partial charge in [0.15, 0.2) is 6.61 Å². The molecule has 0 saturated carbocycles. The highest BCUT2D eigenvalue weighted by atomic mass is 19.1. The lowest BCUT2D eigenvalue weighted by Gasteiger charge is -2.09. The Labute approximate surface area is 144 Å². The van der Waals surface area contributed by atoms with Crippen molar-refractivity contribution in [3.8, 4) is 11.5 Å². The average Bonchev–Trinajstić information content (AvgIpc) is 2.65. The minimum atomic E-state index is -0.676. The second kappa shape index (κ2) is 8.63. The number of ether oxygens (including phenoxy) is 3. The van der Waals surface area contributed by atoms with E-state index in [1.165, 1.54) is 50.6 Å². The minimum absolute atomic E-state index is 0.290. The summed E-state index contributed by atoms with van der Waals surface area (Å²) in [4.78, 5) is 23.9. The molecular weight excluding hydrogens is 327 g/mol. The van der Waals surface area contributed by atoms with E-state index in [1.54, 1.807) is 18.2 Å². The smallest absolute Gasteiger partial charge is 0.331 e. The molecule has 0 radical (unpaired) electrons. The number of hydrogen-bond donors (Lipinski definition) is 0. The van der Waals surface area contributed by atoms with Crippen LogP contribution in [0.2, 0.25) is 0 Å². The van der Waals surface area contributed by atoms with Gasteiger partial charge in [-0.2, -0.15) is 0 Å². The highest BCUT2D eigenvalue weighted by Crippen LogP contribution is 2.24. The monoisotopic (exact) mass is 344 g/mol. The zero-order valence-corrected chi connectivity index (χ0v) is 13.8. The largest absolute Gasteiger partial charge is 0.497 e. The van der Waals surface area contributed by atoms with Crippen molar-refractivity contribution in [3.63, 3.8) is 0 Å². The van der Waals surface area contributed by atoms with Crippen molar-refractivity contribution in [2.45, 2.75) is 0 Å². The Hall–Kier alpha value is -3.15. The summed E-state index contributed by atoms with van der Waals surface area (Å²) in [6, 6.07) is 10.3. The van der Waals surface area contributed by atoms with Crippen LogP contribution >= 0.6 is 0 Å². The first-order chi connectivity index (χ1) is 12.0. The fourth-order valence-corrected chi connectivity index (χ4v) is 2.03. The summed E-state index contributed by atoms with van der Waals surface area (Å²) >= 11 is 0. The maximum absolute atomic E-state index is 12.8. The molecule has 0 atom stereocenters. The maximum Gasteiger partial charge on any atom is 0.331 e. The summed E-state index contributed by atoms with van der Waals surface area (Å²) in [5.41, 5.74) is 0.931. The van der Waals surface area contributed by atoms with Crippen LogP contribution in [0.3, 0.4) is 0 Å². The molecule has 0 unspecified atom stereocenters. The Balaban J connectivity index is 1.95. The Morgan fingerprint density at radius 3 is 2.40 bits per heavy atom. The van der Waals surface area contributed by atoms with E-state index in [1.807, 2.05) is 0 Å². The van der Waals surface area contributed by atoms with Gasteiger partial charge < -0.3 is 14.2 Å². The van der Waals surface area contributed by atoms with E-state index in [9.17, 15) is 14.0 Å². The fraction of sp³-hybridized carbons (Fsp3) is 0.158. The average molecular weight is 344 g/mol. The first-order valence-electron chi connectivity index (χ1n) is 7.39. The highest BCUT2D eigenvalue weighted by molar-refractivity contribution is 6.01. The Kier molecular flexibility index (Phi) is 6.28. The third-order valence-corrected chi connectivity index (χ3v) is 3.34. The molecule has 0 aliphatic carbocycles. The summed E-state index contributed by atoms with van der Waals surface area (Å²) < 4.78 is 27.9. The standard InChI is InChI=1S/C19H17FO5/c1-23-15-8-9-16(18(11-15)24-2)17(21)12-25-19(22)10-5-13-3-6-14(20)7-4-13/h3-11H,12H2,1-2H3/b10-5+. The van der Waals surface area contributed by atoms with Crippen LogP contribution in [0.15, 0.2) is 48.5 Å². The highest BCUT2D eigenvalue weighted by Gasteiger charge is 2.14. The van der Waals surface area contributed by atoms with Crippen LogP contribution in [0, 0.1) is 5.82 Å². The molecule has 0 heterocycles. The van der Waals surface area contributed by atoms with Crippen molar-refractivity contribution < 1.29 is 28.2 Å². The number of carbonyl (C=O) groups is 2. The fourth-order valence-electron chi connectivity index (χ4n) is 2.03. The summed E-state index contributed by atoms with van der Waals surface area (Å²) in [5, 5.41) is 0. The van der Waals surface area contributed by atoms with Gasteiger partial charge in [0.2, 0.25) is 5.78 Å². The van der Waals surface area contributed by atoms with Crippen molar-refractivity contribution in [1.82, 2.24) is 0 Å². The van der Waals surface area contributed by atoms with Gasteiger partial charge in [0.25, 0.3) is 0 Å². The number of Topliss-reactive ketones (excluding diaryl/α,β-unsaturated/α-hetero) is 1. The van der Waals surface area contributed by atoms with Gasteiger partial charge in [0.05, 0.1) is 19.8 Å². The molecule has 0 N–H and O–H groups in total. The van der Waals surface area contributed by atoms with Crippen LogP contribution in [0.25, 0.3) is 6.08 Å². The van der Waals surface area contributed by atoms with Crippen molar-refractivity contribution in [2.24, 2.45) is 0 Å². The van der Waals surface area contributed by atoms with Crippen molar-refractivity contribution in [1.29, 1.82) is 0 Å². The van der Waals surface area contributed by atoms with Crippen molar-refractivity contribution in [3.05, 3.63) is 65.5 Å². The molecule has 5 nitrogen and oxygen atoms in total. The molecular formula is C19H17FO5. The summed E-state index contributed by atoms with van der Waals surface area (Å²) in [6.07, 6.45) is 2.64. The van der Waals surface area contributed by atoms with E-state index in [-0.39, 0.29) is 5.82 Å². The first-order valence-corrected chi connectivity index (χ1v) is 7.39. The molecule has 130 valence electrons. The summed E-state index contributed by atoms with van der Waals surface area (Å²) in [5.74, 6) is -0.554. The summed E-state index contributed by atoms with van der Waals surface area (Å²) in [7, 11) is 2.94. The van der Waals surface area contributed by atoms with Gasteiger partial charge in [-0.25, -0.2) is 9.18 Å². The SMILES string of the molecule is COc1ccc(C(=O)COC(=O)/C=C/c2ccc(F)cc2)c(OC)c1. The van der Waals surface area contributed by atoms with Crippen molar-refractivity contribution in [2.75, 3.05) is 20.8 Å². The van der Waals surface area contributed by atoms with Gasteiger partial charge in [-0.05, 0) is 35.9 Å². The predicted octanol–water partition coefficient (Wildman–Crippen LogP) is 3.28. The molecule has 0 aliphatic heterocycles. The van der Waals surface area contributed by atoms with Crippen LogP contribution in [0.4, 0.5) is 4.39 Å². The van der Waals surface area contributed by atoms with E-state index in [0.717, 1.165) is 0 Å². The molecule has 6 heteroatoms. The molecule has 0 saturated heterocycles. The van der Waals surface area contributed by atoms with Crippen LogP contribution in [0.5, 0.6) is 11.5 Å². The van der Waals surface area contributed by atoms with Gasteiger partial charge >= 0.3 is 5.97 Å². The van der Waals surface area contributed by atoms with Gasteiger partial charge in [0, 0.05) is 12.1 Å². The number of esters is 1. The van der Waals surface area contributed by atoms with Crippen molar-refractivity contribution >= 4 is 17.8 Å². The van der Waals surface area contributed by atoms with Crippen LogP contribution in [0.1, 0.15) is 15.9 Å². The third-order valence-electron chi connectivity index (χ3n) is 3.34. The quantitative estimate of drug-likeness (QED) is 0.438. The van der Waals surface area contributed by atoms with Gasteiger partial charge in [-0.15, -0.1) is 0 Å². The molecule has 0 fully saturated rings. The van der Waals surface area contributed by atoms with Gasteiger partial charge in [0.1, 0.15) is 17.3 Å². The van der Waals surface area contributed by atoms with Gasteiger partial charge in [-0.1, -0.05) is 12.1 Å². The number of carbonyl (C=O) groups excluding carboxylic acids is 2. The van der Waals surface area contributed by atoms with E-state index in [4.69, 9.17) is 14.2 Å². The predicted molar refractivity (Wildman–Crippen MR) is 90.3 cm³/mol. The minimum Gasteiger partial charge on any atom is -0.497 e. The molecule has 0 amide bonds. The number of ketones is 1. The van der Waals surface area contributed by atoms with E-state index < -0.39 is 18.4 Å². The third kappa shape index (κ3) is 5.17. The lowest BCUT2D eigenvalue weighted by Crippen LogP contribution is -2.13. The zero-order valence-electron chi connectivity index (χ0n) is 13.8. The molecule has 25 heavy (non-hydrogen) atoms. The molecule has 2 rings (SSSR count). The normalized spacial score (nSPS) is 10.5. The molecule has 0 bridgehead atoms. The molecule has 0 aromatic heterocycles. The maximum atomic E-state index is 12.8. The molecule has 2 aromatic carbocycles. The Morgan fingerprint density at radius 2 is 1.76 bits per heavy atom. The van der Waals surface area contributed by atoms with E-state index in [0.29, 0.717) is 22.6 Å². The topological polar surface area (TPSA) is 61.8 Å². The Bertz CT molecular complexity index is 781. The number of benzene rings is 2. The molecule has 2 aromatic rings. The lowest BCUT2D eigenvalue weighted by molar-refractivity contribution is -0.136.